The van der Waals surface area contributed by atoms with E-state index in [2.05, 4.69) is 4.98 Å². The summed E-state index contributed by atoms with van der Waals surface area (Å²) in [5, 5.41) is 10.3. The molecule has 1 aromatic heterocycles. The Kier molecular flexibility index (Phi) is 1.81. The molecular formula is C10H9NOS. The maximum atomic E-state index is 9.26. The summed E-state index contributed by atoms with van der Waals surface area (Å²) in [5.41, 5.74) is 2.00. The van der Waals surface area contributed by atoms with Crippen molar-refractivity contribution in [1.82, 2.24) is 4.98 Å². The van der Waals surface area contributed by atoms with Crippen LogP contribution >= 0.6 is 12.2 Å². The first kappa shape index (κ1) is 8.26. The molecule has 2 nitrogen and oxygen atoms in total. The number of nitrogens with one attached hydrogen (secondary N) is 1. The highest BCUT2D eigenvalue weighted by Gasteiger charge is 1.98. The molecule has 2 aromatic rings. The van der Waals surface area contributed by atoms with Gasteiger partial charge < -0.3 is 10.1 Å². The van der Waals surface area contributed by atoms with Crippen LogP contribution in [-0.4, -0.2) is 10.1 Å². The fourth-order valence-electron chi connectivity index (χ4n) is 1.42. The van der Waals surface area contributed by atoms with Crippen molar-refractivity contribution < 1.29 is 5.11 Å². The lowest BCUT2D eigenvalue weighted by molar-refractivity contribution is 0.476. The van der Waals surface area contributed by atoms with Gasteiger partial charge in [-0.2, -0.15) is 0 Å². The lowest BCUT2D eigenvalue weighted by Crippen LogP contribution is -1.83. The van der Waals surface area contributed by atoms with Gasteiger partial charge in [0.05, 0.1) is 5.52 Å². The van der Waals surface area contributed by atoms with Gasteiger partial charge >= 0.3 is 0 Å². The summed E-state index contributed by atoms with van der Waals surface area (Å²) < 4.78 is 0.690. The number of benzene rings is 1. The normalized spacial score (nSPS) is 10.5. The number of fused-ring (bicyclic) bond motifs is 1. The number of aromatic nitrogens is 1. The average Bonchev–Trinajstić information content (AvgIpc) is 2.02. The molecule has 2 rings (SSSR count). The number of hydrogen-bond acceptors (Lipinski definition) is 2. The van der Waals surface area contributed by atoms with Crippen LogP contribution in [0.5, 0.6) is 5.75 Å². The van der Waals surface area contributed by atoms with Gasteiger partial charge in [-0.25, -0.2) is 0 Å². The number of aryl methyl sites for hydroxylation is 1. The monoisotopic (exact) mass is 191 g/mol. The summed E-state index contributed by atoms with van der Waals surface area (Å²) in [4.78, 5) is 3.03. The first-order valence-corrected chi connectivity index (χ1v) is 4.40. The van der Waals surface area contributed by atoms with E-state index in [9.17, 15) is 5.11 Å². The first-order valence-electron chi connectivity index (χ1n) is 3.99. The molecule has 0 unspecified atom stereocenters. The van der Waals surface area contributed by atoms with E-state index in [0.717, 1.165) is 16.5 Å². The van der Waals surface area contributed by atoms with Gasteiger partial charge in [0.25, 0.3) is 0 Å². The van der Waals surface area contributed by atoms with Gasteiger partial charge in [-0.1, -0.05) is 12.2 Å². The molecule has 13 heavy (non-hydrogen) atoms. The SMILES string of the molecule is Cc1cc(=S)[nH]c2cc(O)ccc12. The maximum Gasteiger partial charge on any atom is 0.117 e. The number of H-pyrrole nitrogens is 1. The van der Waals surface area contributed by atoms with Crippen molar-refractivity contribution in [3.05, 3.63) is 34.5 Å². The van der Waals surface area contributed by atoms with Crippen molar-refractivity contribution in [1.29, 1.82) is 0 Å². The van der Waals surface area contributed by atoms with E-state index in [1.807, 2.05) is 19.1 Å². The van der Waals surface area contributed by atoms with Crippen LogP contribution in [0.4, 0.5) is 0 Å². The summed E-state index contributed by atoms with van der Waals surface area (Å²) >= 11 is 5.03. The molecule has 2 N–H and O–H groups in total. The van der Waals surface area contributed by atoms with Gasteiger partial charge in [0.15, 0.2) is 0 Å². The second kappa shape index (κ2) is 2.85. The smallest absolute Gasteiger partial charge is 0.117 e. The molecule has 0 bridgehead atoms. The summed E-state index contributed by atoms with van der Waals surface area (Å²) in [6.45, 7) is 2.00. The highest BCUT2D eigenvalue weighted by atomic mass is 32.1. The Morgan fingerprint density at radius 1 is 1.31 bits per heavy atom. The molecule has 0 aliphatic heterocycles. The number of phenolic OH excluding ortho intramolecular Hbond substituents is 1. The molecule has 1 aromatic carbocycles. The van der Waals surface area contributed by atoms with Gasteiger partial charge in [-0.3, -0.25) is 0 Å². The topological polar surface area (TPSA) is 36.0 Å². The number of pyridine rings is 1. The van der Waals surface area contributed by atoms with E-state index in [0.29, 0.717) is 4.64 Å². The number of aromatic amines is 1. The molecule has 3 heteroatoms. The van der Waals surface area contributed by atoms with Crippen molar-refractivity contribution in [2.45, 2.75) is 6.92 Å². The Hall–Kier alpha value is -1.35. The number of aromatic hydroxyl groups is 1. The van der Waals surface area contributed by atoms with E-state index in [4.69, 9.17) is 12.2 Å². The summed E-state index contributed by atoms with van der Waals surface area (Å²) in [6, 6.07) is 7.14. The minimum Gasteiger partial charge on any atom is -0.508 e. The van der Waals surface area contributed by atoms with Crippen LogP contribution in [0.25, 0.3) is 10.9 Å². The van der Waals surface area contributed by atoms with Gasteiger partial charge in [-0.05, 0) is 30.7 Å². The number of rotatable bonds is 0. The van der Waals surface area contributed by atoms with Crippen LogP contribution in [0, 0.1) is 11.6 Å². The molecule has 0 fully saturated rings. The van der Waals surface area contributed by atoms with E-state index in [-0.39, 0.29) is 5.75 Å². The number of hydrogen-bond donors (Lipinski definition) is 2. The molecule has 0 amide bonds. The molecule has 0 atom stereocenters. The lowest BCUT2D eigenvalue weighted by atomic mass is 10.1. The minimum atomic E-state index is 0.253. The Labute approximate surface area is 80.9 Å². The van der Waals surface area contributed by atoms with Crippen LogP contribution in [0.3, 0.4) is 0 Å². The van der Waals surface area contributed by atoms with Crippen LogP contribution in [0.15, 0.2) is 24.3 Å². The molecule has 0 aliphatic carbocycles. The van der Waals surface area contributed by atoms with Crippen LogP contribution in [0.1, 0.15) is 5.56 Å². The molecule has 66 valence electrons. The van der Waals surface area contributed by atoms with Crippen molar-refractivity contribution >= 4 is 23.1 Å². The Bertz CT molecular complexity index is 516. The highest BCUT2D eigenvalue weighted by molar-refractivity contribution is 7.71. The van der Waals surface area contributed by atoms with Crippen molar-refractivity contribution in [2.75, 3.05) is 0 Å². The molecule has 0 spiro atoms. The molecule has 0 aliphatic rings. The minimum absolute atomic E-state index is 0.253. The van der Waals surface area contributed by atoms with Gasteiger partial charge in [0, 0.05) is 11.5 Å². The fraction of sp³-hybridized carbons (Fsp3) is 0.100. The Morgan fingerprint density at radius 2 is 2.08 bits per heavy atom. The summed E-state index contributed by atoms with van der Waals surface area (Å²) in [6.07, 6.45) is 0. The molecule has 0 radical (unpaired) electrons. The highest BCUT2D eigenvalue weighted by Crippen LogP contribution is 2.20. The Morgan fingerprint density at radius 3 is 2.85 bits per heavy atom. The zero-order valence-electron chi connectivity index (χ0n) is 7.16. The average molecular weight is 191 g/mol. The second-order valence-corrected chi connectivity index (χ2v) is 3.49. The largest absolute Gasteiger partial charge is 0.508 e. The Balaban J connectivity index is 2.94. The third-order valence-electron chi connectivity index (χ3n) is 2.03. The van der Waals surface area contributed by atoms with Crippen molar-refractivity contribution in [3.63, 3.8) is 0 Å². The molecule has 0 saturated heterocycles. The van der Waals surface area contributed by atoms with Crippen LogP contribution < -0.4 is 0 Å². The first-order chi connectivity index (χ1) is 6.16. The van der Waals surface area contributed by atoms with Crippen LogP contribution in [0.2, 0.25) is 0 Å². The zero-order chi connectivity index (χ0) is 9.42. The summed E-state index contributed by atoms with van der Waals surface area (Å²) in [7, 11) is 0. The van der Waals surface area contributed by atoms with E-state index in [1.54, 1.807) is 12.1 Å². The fourth-order valence-corrected chi connectivity index (χ4v) is 1.71. The zero-order valence-corrected chi connectivity index (χ0v) is 7.98. The van der Waals surface area contributed by atoms with Crippen molar-refractivity contribution in [3.8, 4) is 5.75 Å². The summed E-state index contributed by atoms with van der Waals surface area (Å²) in [5.74, 6) is 0.253. The van der Waals surface area contributed by atoms with Crippen LogP contribution in [-0.2, 0) is 0 Å². The van der Waals surface area contributed by atoms with E-state index >= 15 is 0 Å². The third-order valence-corrected chi connectivity index (χ3v) is 2.25. The predicted octanol–water partition coefficient (Wildman–Crippen LogP) is 2.91. The van der Waals surface area contributed by atoms with E-state index < -0.39 is 0 Å². The van der Waals surface area contributed by atoms with Gasteiger partial charge in [0.1, 0.15) is 10.4 Å². The second-order valence-electron chi connectivity index (χ2n) is 3.05. The predicted molar refractivity (Wildman–Crippen MR) is 55.5 cm³/mol. The van der Waals surface area contributed by atoms with Gasteiger partial charge in [-0.15, -0.1) is 0 Å². The quantitative estimate of drug-likeness (QED) is 0.628. The number of phenols is 1. The standard InChI is InChI=1S/C10H9NOS/c1-6-4-10(13)11-9-5-7(12)2-3-8(6)9/h2-5,12H,1H3,(H,11,13). The maximum absolute atomic E-state index is 9.26. The third kappa shape index (κ3) is 1.42. The lowest BCUT2D eigenvalue weighted by Gasteiger charge is -2.02. The van der Waals surface area contributed by atoms with E-state index in [1.165, 1.54) is 0 Å². The van der Waals surface area contributed by atoms with Gasteiger partial charge in [0.2, 0.25) is 0 Å². The molecule has 0 saturated carbocycles. The van der Waals surface area contributed by atoms with Crippen molar-refractivity contribution in [2.24, 2.45) is 0 Å². The molecular weight excluding hydrogens is 182 g/mol. The molecule has 1 heterocycles.